The van der Waals surface area contributed by atoms with Crippen LogP contribution in [0.3, 0.4) is 0 Å². The van der Waals surface area contributed by atoms with Crippen LogP contribution in [0.2, 0.25) is 0 Å². The predicted molar refractivity (Wildman–Crippen MR) is 118 cm³/mol. The smallest absolute Gasteiger partial charge is 0.250 e. The first-order valence-electron chi connectivity index (χ1n) is 9.98. The normalized spacial score (nSPS) is 16.4. The summed E-state index contributed by atoms with van der Waals surface area (Å²) in [4.78, 5) is 27.2. The van der Waals surface area contributed by atoms with Crippen LogP contribution in [0.25, 0.3) is 0 Å². The Labute approximate surface area is 181 Å². The molecule has 1 atom stereocenters. The van der Waals surface area contributed by atoms with Crippen molar-refractivity contribution in [3.8, 4) is 0 Å². The van der Waals surface area contributed by atoms with E-state index in [2.05, 4.69) is 10.0 Å². The summed E-state index contributed by atoms with van der Waals surface area (Å²) in [6.07, 6.45) is 1.10. The van der Waals surface area contributed by atoms with Gasteiger partial charge in [0.05, 0.1) is 0 Å². The molecule has 7 nitrogen and oxygen atoms in total. The van der Waals surface area contributed by atoms with Gasteiger partial charge in [-0.25, -0.2) is 8.42 Å². The monoisotopic (exact) mass is 449 g/mol. The zero-order valence-electron chi connectivity index (χ0n) is 17.1. The second-order valence-corrected chi connectivity index (χ2v) is 10.6. The molecule has 2 heterocycles. The summed E-state index contributed by atoms with van der Waals surface area (Å²) in [5.74, 6) is -0.667. The SMILES string of the molecule is CC(C)C(NS(=O)(=O)c1cccs1)C(=O)N1CCC(C(=O)Nc2ccccc2)CC1. The van der Waals surface area contributed by atoms with Crippen LogP contribution in [0.1, 0.15) is 26.7 Å². The molecule has 2 N–H and O–H groups in total. The number of benzene rings is 1. The van der Waals surface area contributed by atoms with E-state index >= 15 is 0 Å². The first-order valence-corrected chi connectivity index (χ1v) is 12.3. The molecule has 2 amide bonds. The number of sulfonamides is 1. The van der Waals surface area contributed by atoms with Gasteiger partial charge in [-0.15, -0.1) is 11.3 Å². The Balaban J connectivity index is 1.59. The van der Waals surface area contributed by atoms with Crippen molar-refractivity contribution in [2.75, 3.05) is 18.4 Å². The van der Waals surface area contributed by atoms with Crippen molar-refractivity contribution >= 4 is 38.9 Å². The summed E-state index contributed by atoms with van der Waals surface area (Å²) in [5, 5.41) is 4.60. The number of carbonyl (C=O) groups excluding carboxylic acids is 2. The zero-order chi connectivity index (χ0) is 21.7. The van der Waals surface area contributed by atoms with Crippen LogP contribution in [-0.2, 0) is 19.6 Å². The van der Waals surface area contributed by atoms with Gasteiger partial charge in [-0.2, -0.15) is 4.72 Å². The molecule has 0 spiro atoms. The summed E-state index contributed by atoms with van der Waals surface area (Å²) < 4.78 is 27.9. The van der Waals surface area contributed by atoms with E-state index in [9.17, 15) is 18.0 Å². The minimum atomic E-state index is -3.75. The Morgan fingerprint density at radius 3 is 2.30 bits per heavy atom. The second kappa shape index (κ2) is 9.72. The van der Waals surface area contributed by atoms with Crippen LogP contribution in [0.5, 0.6) is 0 Å². The number of hydrogen-bond acceptors (Lipinski definition) is 5. The van der Waals surface area contributed by atoms with Crippen LogP contribution in [0.4, 0.5) is 5.69 Å². The molecule has 0 bridgehead atoms. The third kappa shape index (κ3) is 5.47. The highest BCUT2D eigenvalue weighted by Gasteiger charge is 2.34. The number of nitrogens with zero attached hydrogens (tertiary/aromatic N) is 1. The van der Waals surface area contributed by atoms with Gasteiger partial charge in [0.25, 0.3) is 10.0 Å². The van der Waals surface area contributed by atoms with Gasteiger partial charge in [-0.3, -0.25) is 9.59 Å². The first-order chi connectivity index (χ1) is 14.3. The van der Waals surface area contributed by atoms with Crippen LogP contribution in [0, 0.1) is 11.8 Å². The molecule has 9 heteroatoms. The number of likely N-dealkylation sites (tertiary alicyclic amines) is 1. The number of hydrogen-bond donors (Lipinski definition) is 2. The summed E-state index contributed by atoms with van der Waals surface area (Å²) >= 11 is 1.12. The highest BCUT2D eigenvalue weighted by Crippen LogP contribution is 2.22. The van der Waals surface area contributed by atoms with E-state index in [1.807, 2.05) is 44.2 Å². The highest BCUT2D eigenvalue weighted by atomic mass is 32.2. The quantitative estimate of drug-likeness (QED) is 0.679. The predicted octanol–water partition coefficient (Wildman–Crippen LogP) is 2.93. The molecule has 2 aromatic rings. The lowest BCUT2D eigenvalue weighted by Gasteiger charge is -2.34. The molecule has 1 aromatic carbocycles. The van der Waals surface area contributed by atoms with Crippen molar-refractivity contribution in [3.63, 3.8) is 0 Å². The van der Waals surface area contributed by atoms with Gasteiger partial charge >= 0.3 is 0 Å². The maximum Gasteiger partial charge on any atom is 0.250 e. The lowest BCUT2D eigenvalue weighted by atomic mass is 9.94. The molecule has 1 aromatic heterocycles. The minimum absolute atomic E-state index is 0.0490. The van der Waals surface area contributed by atoms with Crippen LogP contribution in [0.15, 0.2) is 52.1 Å². The second-order valence-electron chi connectivity index (χ2n) is 7.73. The lowest BCUT2D eigenvalue weighted by Crippen LogP contribution is -2.53. The van der Waals surface area contributed by atoms with E-state index in [0.29, 0.717) is 25.9 Å². The number of carbonyl (C=O) groups is 2. The molecule has 0 radical (unpaired) electrons. The lowest BCUT2D eigenvalue weighted by molar-refractivity contribution is -0.137. The van der Waals surface area contributed by atoms with E-state index in [-0.39, 0.29) is 27.9 Å². The highest BCUT2D eigenvalue weighted by molar-refractivity contribution is 7.91. The Hall–Kier alpha value is -2.23. The van der Waals surface area contributed by atoms with Crippen LogP contribution >= 0.6 is 11.3 Å². The number of nitrogens with one attached hydrogen (secondary N) is 2. The molecule has 1 aliphatic heterocycles. The van der Waals surface area contributed by atoms with Gasteiger partial charge in [0.15, 0.2) is 0 Å². The largest absolute Gasteiger partial charge is 0.341 e. The van der Waals surface area contributed by atoms with E-state index in [4.69, 9.17) is 0 Å². The van der Waals surface area contributed by atoms with E-state index < -0.39 is 16.1 Å². The molecule has 0 saturated carbocycles. The molecule has 162 valence electrons. The number of piperidine rings is 1. The summed E-state index contributed by atoms with van der Waals surface area (Å²) in [5.41, 5.74) is 0.754. The van der Waals surface area contributed by atoms with E-state index in [1.54, 1.807) is 16.3 Å². The average molecular weight is 450 g/mol. The molecular formula is C21H27N3O4S2. The van der Waals surface area contributed by atoms with Gasteiger partial charge in [0, 0.05) is 24.7 Å². The minimum Gasteiger partial charge on any atom is -0.341 e. The molecule has 0 aliphatic carbocycles. The molecule has 30 heavy (non-hydrogen) atoms. The number of rotatable bonds is 7. The summed E-state index contributed by atoms with van der Waals surface area (Å²) in [6, 6.07) is 11.6. The molecule has 1 fully saturated rings. The fourth-order valence-electron chi connectivity index (χ4n) is 3.44. The standard InChI is InChI=1S/C21H27N3O4S2/c1-15(2)19(23-30(27,28)18-9-6-14-29-18)21(26)24-12-10-16(11-13-24)20(25)22-17-7-4-3-5-8-17/h3-9,14-16,19,23H,10-13H2,1-2H3,(H,22,25). The van der Waals surface area contributed by atoms with Crippen molar-refractivity contribution in [3.05, 3.63) is 47.8 Å². The fraction of sp³-hybridized carbons (Fsp3) is 0.429. The zero-order valence-corrected chi connectivity index (χ0v) is 18.7. The number of amides is 2. The van der Waals surface area contributed by atoms with Crippen molar-refractivity contribution in [1.82, 2.24) is 9.62 Å². The number of thiophene rings is 1. The topological polar surface area (TPSA) is 95.6 Å². The fourth-order valence-corrected chi connectivity index (χ4v) is 5.79. The van der Waals surface area contributed by atoms with E-state index in [0.717, 1.165) is 17.0 Å². The maximum absolute atomic E-state index is 13.1. The van der Waals surface area contributed by atoms with Gasteiger partial charge in [0.1, 0.15) is 10.3 Å². The molecule has 1 aliphatic rings. The van der Waals surface area contributed by atoms with Gasteiger partial charge in [-0.05, 0) is 42.3 Å². The third-order valence-corrected chi connectivity index (χ3v) is 8.03. The Kier molecular flexibility index (Phi) is 7.27. The maximum atomic E-state index is 13.1. The Morgan fingerprint density at radius 1 is 1.07 bits per heavy atom. The summed E-state index contributed by atoms with van der Waals surface area (Å²) in [7, 11) is -3.75. The Bertz CT molecular complexity index is 951. The molecule has 3 rings (SSSR count). The van der Waals surface area contributed by atoms with Gasteiger partial charge in [-0.1, -0.05) is 38.1 Å². The van der Waals surface area contributed by atoms with Crippen molar-refractivity contribution in [1.29, 1.82) is 0 Å². The first kappa shape index (κ1) is 22.5. The average Bonchev–Trinajstić information content (AvgIpc) is 3.28. The number of anilines is 1. The third-order valence-electron chi connectivity index (χ3n) is 5.19. The Morgan fingerprint density at radius 2 is 1.73 bits per heavy atom. The van der Waals surface area contributed by atoms with Gasteiger partial charge < -0.3 is 10.2 Å². The molecular weight excluding hydrogens is 422 g/mol. The number of para-hydroxylation sites is 1. The van der Waals surface area contributed by atoms with Crippen LogP contribution < -0.4 is 10.0 Å². The van der Waals surface area contributed by atoms with Gasteiger partial charge in [0.2, 0.25) is 11.8 Å². The van der Waals surface area contributed by atoms with Crippen molar-refractivity contribution < 1.29 is 18.0 Å². The summed E-state index contributed by atoms with van der Waals surface area (Å²) in [6.45, 7) is 4.49. The molecule has 1 saturated heterocycles. The van der Waals surface area contributed by atoms with Crippen LogP contribution in [-0.4, -0.2) is 44.3 Å². The molecule has 1 unspecified atom stereocenters. The van der Waals surface area contributed by atoms with Crippen molar-refractivity contribution in [2.45, 2.75) is 36.9 Å². The van der Waals surface area contributed by atoms with Crippen molar-refractivity contribution in [2.24, 2.45) is 11.8 Å². The van der Waals surface area contributed by atoms with E-state index in [1.165, 1.54) is 6.07 Å².